The first-order valence-electron chi connectivity index (χ1n) is 5.33. The fourth-order valence-corrected chi connectivity index (χ4v) is 2.88. The fraction of sp³-hybridized carbons (Fsp3) is 1.00. The molecule has 2 fully saturated rings. The van der Waals surface area contributed by atoms with Crippen LogP contribution < -0.4 is 11.1 Å². The second kappa shape index (κ2) is 3.75. The molecule has 3 unspecified atom stereocenters. The molecule has 70 valence electrons. The zero-order chi connectivity index (χ0) is 8.39. The first kappa shape index (κ1) is 8.52. The van der Waals surface area contributed by atoms with E-state index in [1.165, 1.54) is 25.7 Å². The highest BCUT2D eigenvalue weighted by atomic mass is 14.9. The Morgan fingerprint density at radius 3 is 2.75 bits per heavy atom. The summed E-state index contributed by atoms with van der Waals surface area (Å²) >= 11 is 0. The summed E-state index contributed by atoms with van der Waals surface area (Å²) in [6, 6.07) is 0.843. The molecule has 2 heteroatoms. The van der Waals surface area contributed by atoms with Gasteiger partial charge in [-0.25, -0.2) is 0 Å². The number of fused-ring (bicyclic) bond motifs is 2. The Labute approximate surface area is 74.9 Å². The first-order chi connectivity index (χ1) is 5.90. The topological polar surface area (TPSA) is 38.0 Å². The Kier molecular flexibility index (Phi) is 2.66. The number of nitrogens with one attached hydrogen (secondary N) is 1. The molecule has 0 spiro atoms. The molecule has 0 aliphatic heterocycles. The summed E-state index contributed by atoms with van der Waals surface area (Å²) < 4.78 is 0. The van der Waals surface area contributed by atoms with Crippen LogP contribution in [0.4, 0.5) is 0 Å². The van der Waals surface area contributed by atoms with E-state index in [0.717, 1.165) is 37.4 Å². The van der Waals surface area contributed by atoms with Crippen LogP contribution in [-0.4, -0.2) is 19.1 Å². The van der Waals surface area contributed by atoms with E-state index in [4.69, 9.17) is 5.73 Å². The van der Waals surface area contributed by atoms with E-state index in [0.29, 0.717) is 0 Å². The Bertz CT molecular complexity index is 147. The Balaban J connectivity index is 1.69. The van der Waals surface area contributed by atoms with Gasteiger partial charge < -0.3 is 11.1 Å². The predicted octanol–water partition coefficient (Wildman–Crippen LogP) is 1.11. The minimum absolute atomic E-state index is 0.827. The molecular formula is C10H20N2. The highest BCUT2D eigenvalue weighted by Crippen LogP contribution is 2.44. The van der Waals surface area contributed by atoms with Crippen molar-refractivity contribution in [3.63, 3.8) is 0 Å². The molecule has 0 amide bonds. The number of hydrogen-bond donors (Lipinski definition) is 2. The molecule has 2 aliphatic carbocycles. The molecule has 2 bridgehead atoms. The molecule has 0 aromatic carbocycles. The summed E-state index contributed by atoms with van der Waals surface area (Å²) in [6.07, 6.45) is 7.05. The molecule has 0 heterocycles. The second-order valence-corrected chi connectivity index (χ2v) is 4.38. The SMILES string of the molecule is NCCCNC1CC2CCC1C2. The molecule has 0 radical (unpaired) electrons. The lowest BCUT2D eigenvalue weighted by Gasteiger charge is -2.22. The Morgan fingerprint density at radius 1 is 1.25 bits per heavy atom. The molecule has 0 aromatic rings. The third kappa shape index (κ3) is 1.64. The molecule has 2 saturated carbocycles. The van der Waals surface area contributed by atoms with Crippen molar-refractivity contribution in [3.05, 3.63) is 0 Å². The van der Waals surface area contributed by atoms with Crippen molar-refractivity contribution >= 4 is 0 Å². The molecule has 3 atom stereocenters. The van der Waals surface area contributed by atoms with E-state index in [1.54, 1.807) is 0 Å². The van der Waals surface area contributed by atoms with Gasteiger partial charge in [-0.3, -0.25) is 0 Å². The van der Waals surface area contributed by atoms with Crippen LogP contribution in [0.15, 0.2) is 0 Å². The Hall–Kier alpha value is -0.0800. The summed E-state index contributed by atoms with van der Waals surface area (Å²) in [4.78, 5) is 0. The molecule has 0 aromatic heterocycles. The van der Waals surface area contributed by atoms with Crippen molar-refractivity contribution in [2.45, 2.75) is 38.1 Å². The van der Waals surface area contributed by atoms with E-state index in [9.17, 15) is 0 Å². The summed E-state index contributed by atoms with van der Waals surface area (Å²) in [5, 5.41) is 3.63. The molecule has 3 N–H and O–H groups in total. The highest BCUT2D eigenvalue weighted by molar-refractivity contribution is 4.93. The third-order valence-electron chi connectivity index (χ3n) is 3.53. The van der Waals surface area contributed by atoms with Gasteiger partial charge in [0, 0.05) is 6.04 Å². The first-order valence-corrected chi connectivity index (χ1v) is 5.33. The lowest BCUT2D eigenvalue weighted by atomic mass is 9.95. The standard InChI is InChI=1S/C10H20N2/c11-4-1-5-12-10-7-8-2-3-9(10)6-8/h8-10,12H,1-7,11H2. The van der Waals surface area contributed by atoms with E-state index in [2.05, 4.69) is 5.32 Å². The fourth-order valence-electron chi connectivity index (χ4n) is 2.88. The van der Waals surface area contributed by atoms with Crippen LogP contribution >= 0.6 is 0 Å². The van der Waals surface area contributed by atoms with E-state index < -0.39 is 0 Å². The van der Waals surface area contributed by atoms with Gasteiger partial charge in [0.2, 0.25) is 0 Å². The smallest absolute Gasteiger partial charge is 0.00980 e. The van der Waals surface area contributed by atoms with Crippen molar-refractivity contribution < 1.29 is 0 Å². The molecule has 12 heavy (non-hydrogen) atoms. The van der Waals surface area contributed by atoms with Crippen LogP contribution in [-0.2, 0) is 0 Å². The quantitative estimate of drug-likeness (QED) is 0.617. The maximum atomic E-state index is 5.45. The van der Waals surface area contributed by atoms with Crippen LogP contribution in [0.2, 0.25) is 0 Å². The average molecular weight is 168 g/mol. The molecular weight excluding hydrogens is 148 g/mol. The Morgan fingerprint density at radius 2 is 2.17 bits per heavy atom. The number of nitrogens with two attached hydrogens (primary N) is 1. The van der Waals surface area contributed by atoms with Gasteiger partial charge in [0.05, 0.1) is 0 Å². The van der Waals surface area contributed by atoms with Crippen LogP contribution in [0.5, 0.6) is 0 Å². The zero-order valence-corrected chi connectivity index (χ0v) is 7.76. The summed E-state index contributed by atoms with van der Waals surface area (Å²) in [5.74, 6) is 2.07. The van der Waals surface area contributed by atoms with Gasteiger partial charge in [-0.15, -0.1) is 0 Å². The minimum Gasteiger partial charge on any atom is -0.330 e. The van der Waals surface area contributed by atoms with Crippen LogP contribution in [0.3, 0.4) is 0 Å². The highest BCUT2D eigenvalue weighted by Gasteiger charge is 2.38. The summed E-state index contributed by atoms with van der Waals surface area (Å²) in [6.45, 7) is 1.96. The molecule has 2 rings (SSSR count). The zero-order valence-electron chi connectivity index (χ0n) is 7.76. The lowest BCUT2D eigenvalue weighted by Crippen LogP contribution is -2.35. The molecule has 2 nitrogen and oxygen atoms in total. The lowest BCUT2D eigenvalue weighted by molar-refractivity contribution is 0.352. The molecule has 2 aliphatic rings. The van der Waals surface area contributed by atoms with Gasteiger partial charge >= 0.3 is 0 Å². The largest absolute Gasteiger partial charge is 0.330 e. The summed E-state index contributed by atoms with van der Waals surface area (Å²) in [5.41, 5.74) is 5.45. The molecule has 0 saturated heterocycles. The van der Waals surface area contributed by atoms with Crippen molar-refractivity contribution in [1.29, 1.82) is 0 Å². The van der Waals surface area contributed by atoms with Gasteiger partial charge in [-0.2, -0.15) is 0 Å². The maximum absolute atomic E-state index is 5.45. The van der Waals surface area contributed by atoms with Crippen molar-refractivity contribution in [2.24, 2.45) is 17.6 Å². The summed E-state index contributed by atoms with van der Waals surface area (Å²) in [7, 11) is 0. The van der Waals surface area contributed by atoms with Gasteiger partial charge in [0.15, 0.2) is 0 Å². The van der Waals surface area contributed by atoms with Gasteiger partial charge in [0.25, 0.3) is 0 Å². The van der Waals surface area contributed by atoms with E-state index in [1.807, 2.05) is 0 Å². The van der Waals surface area contributed by atoms with Crippen molar-refractivity contribution in [2.75, 3.05) is 13.1 Å². The van der Waals surface area contributed by atoms with Gasteiger partial charge in [-0.05, 0) is 50.6 Å². The van der Waals surface area contributed by atoms with Crippen LogP contribution in [0, 0.1) is 11.8 Å². The third-order valence-corrected chi connectivity index (χ3v) is 3.53. The van der Waals surface area contributed by atoms with Crippen LogP contribution in [0.1, 0.15) is 32.1 Å². The van der Waals surface area contributed by atoms with Crippen molar-refractivity contribution in [3.8, 4) is 0 Å². The minimum atomic E-state index is 0.827. The van der Waals surface area contributed by atoms with Gasteiger partial charge in [0.1, 0.15) is 0 Å². The maximum Gasteiger partial charge on any atom is 0.00980 e. The number of rotatable bonds is 4. The second-order valence-electron chi connectivity index (χ2n) is 4.38. The van der Waals surface area contributed by atoms with E-state index in [-0.39, 0.29) is 0 Å². The predicted molar refractivity (Wildman–Crippen MR) is 50.9 cm³/mol. The van der Waals surface area contributed by atoms with Crippen LogP contribution in [0.25, 0.3) is 0 Å². The number of hydrogen-bond acceptors (Lipinski definition) is 2. The normalized spacial score (nSPS) is 39.2. The van der Waals surface area contributed by atoms with Crippen molar-refractivity contribution in [1.82, 2.24) is 5.32 Å². The van der Waals surface area contributed by atoms with Gasteiger partial charge in [-0.1, -0.05) is 6.42 Å². The van der Waals surface area contributed by atoms with E-state index >= 15 is 0 Å². The average Bonchev–Trinajstić information content (AvgIpc) is 2.65. The monoisotopic (exact) mass is 168 g/mol.